The largest absolute Gasteiger partial charge is 0.444 e. The Bertz CT molecular complexity index is 1780. The summed E-state index contributed by atoms with van der Waals surface area (Å²) in [7, 11) is 0. The third-order valence-corrected chi connectivity index (χ3v) is 8.57. The number of aliphatic imine (C=N–C) groups is 1. The molecule has 1 N–H and O–H groups in total. The number of rotatable bonds is 4. The molecule has 3 aromatic rings. The minimum Gasteiger partial charge on any atom is -0.444 e. The highest BCUT2D eigenvalue weighted by atomic mass is 32.2. The molecule has 0 radical (unpaired) electrons. The number of aliphatic hydroxyl groups is 1. The van der Waals surface area contributed by atoms with E-state index in [1.165, 1.54) is 9.58 Å². The van der Waals surface area contributed by atoms with E-state index in [4.69, 9.17) is 4.74 Å². The number of aryl methyl sites for hydroxylation is 1. The number of carbonyl (C=O) groups excluding carboxylic acids is 2. The van der Waals surface area contributed by atoms with Gasteiger partial charge in [-0.25, -0.2) is 4.79 Å². The van der Waals surface area contributed by atoms with Crippen LogP contribution in [0.3, 0.4) is 0 Å². The van der Waals surface area contributed by atoms with Crippen LogP contribution in [-0.4, -0.2) is 79.7 Å². The Balaban J connectivity index is 0.00000265. The molecule has 2 aliphatic heterocycles. The van der Waals surface area contributed by atoms with E-state index >= 15 is 0 Å². The van der Waals surface area contributed by atoms with E-state index < -0.39 is 53.7 Å². The number of hydrogen-bond acceptors (Lipinski definition) is 7. The predicted molar refractivity (Wildman–Crippen MR) is 175 cm³/mol. The summed E-state index contributed by atoms with van der Waals surface area (Å²) >= 11 is 1.14. The monoisotopic (exact) mass is 713 g/mol. The normalized spacial score (nSPS) is 18.1. The first kappa shape index (κ1) is 37.8. The Morgan fingerprint density at radius 3 is 2.35 bits per heavy atom. The molecular weight excluding hydrogens is 676 g/mol. The minimum absolute atomic E-state index is 0.107. The molecule has 1 saturated heterocycles. The summed E-state index contributed by atoms with van der Waals surface area (Å²) in [5.41, 5.74) is -2.32. The number of piperazine rings is 1. The zero-order valence-corrected chi connectivity index (χ0v) is 28.6. The Labute approximate surface area is 283 Å². The molecule has 2 aromatic carbocycles. The number of thioether (sulfide) groups is 1. The van der Waals surface area contributed by atoms with E-state index in [1.54, 1.807) is 52.0 Å². The van der Waals surface area contributed by atoms with Crippen molar-refractivity contribution in [2.75, 3.05) is 26.2 Å². The van der Waals surface area contributed by atoms with Gasteiger partial charge in [-0.1, -0.05) is 26.0 Å². The lowest BCUT2D eigenvalue weighted by Gasteiger charge is -2.41. The standard InChI is InChI=1S/C31H31F6N5O4S.C2H6/c1-17-22-11-18(5-8-24(22)42(39-17)14-19-6-7-20(30(32,33)34)13-23(19)31(35,36)37)12-25-26(44)38-27(47-25)40-9-10-41(21(15-40)16-43)28(45)46-29(2,3)4;1-2/h5-8,11-13,21,43H,9-10,14-16H2,1-4H3;1-2H3/b25-12-;/t21-;/m1./s1. The Hall–Kier alpha value is -4.05. The molecule has 9 nitrogen and oxygen atoms in total. The van der Waals surface area contributed by atoms with Crippen LogP contribution in [0.4, 0.5) is 31.1 Å². The maximum Gasteiger partial charge on any atom is 0.416 e. The number of amidine groups is 1. The molecule has 0 bridgehead atoms. The van der Waals surface area contributed by atoms with E-state index in [0.717, 1.165) is 17.8 Å². The van der Waals surface area contributed by atoms with E-state index in [0.29, 0.717) is 44.8 Å². The number of alkyl halides is 6. The summed E-state index contributed by atoms with van der Waals surface area (Å²) in [5.74, 6) is -0.477. The third-order valence-electron chi connectivity index (χ3n) is 7.52. The van der Waals surface area contributed by atoms with Crippen molar-refractivity contribution in [3.8, 4) is 0 Å². The highest BCUT2D eigenvalue weighted by Crippen LogP contribution is 2.38. The van der Waals surface area contributed by atoms with Crippen LogP contribution in [0.5, 0.6) is 0 Å². The van der Waals surface area contributed by atoms with Crippen LogP contribution >= 0.6 is 11.8 Å². The molecule has 0 spiro atoms. The van der Waals surface area contributed by atoms with Crippen molar-refractivity contribution in [2.45, 2.75) is 72.1 Å². The number of benzene rings is 2. The Kier molecular flexibility index (Phi) is 11.1. The fourth-order valence-corrected chi connectivity index (χ4v) is 6.26. The van der Waals surface area contributed by atoms with Gasteiger partial charge in [0.2, 0.25) is 0 Å². The first-order valence-electron chi connectivity index (χ1n) is 15.5. The zero-order chi connectivity index (χ0) is 36.5. The van der Waals surface area contributed by atoms with Crippen molar-refractivity contribution in [3.05, 3.63) is 69.3 Å². The number of nitrogens with zero attached hydrogens (tertiary/aromatic N) is 5. The molecule has 1 aromatic heterocycles. The van der Waals surface area contributed by atoms with Crippen molar-refractivity contribution in [3.63, 3.8) is 0 Å². The van der Waals surface area contributed by atoms with Gasteiger partial charge in [0, 0.05) is 25.0 Å². The molecule has 1 atom stereocenters. The number of hydrogen-bond donors (Lipinski definition) is 1. The number of amides is 2. The van der Waals surface area contributed by atoms with Crippen molar-refractivity contribution >= 4 is 45.9 Å². The van der Waals surface area contributed by atoms with Crippen LogP contribution in [0.15, 0.2) is 46.3 Å². The first-order chi connectivity index (χ1) is 22.8. The van der Waals surface area contributed by atoms with E-state index in [1.807, 2.05) is 18.7 Å². The van der Waals surface area contributed by atoms with E-state index in [9.17, 15) is 41.0 Å². The number of ether oxygens (including phenoxy) is 1. The van der Waals surface area contributed by atoms with Crippen molar-refractivity contribution in [1.29, 1.82) is 0 Å². The lowest BCUT2D eigenvalue weighted by atomic mass is 10.0. The van der Waals surface area contributed by atoms with Gasteiger partial charge in [-0.15, -0.1) is 0 Å². The third kappa shape index (κ3) is 8.76. The molecule has 2 aliphatic rings. The van der Waals surface area contributed by atoms with Crippen LogP contribution in [0, 0.1) is 6.92 Å². The highest BCUT2D eigenvalue weighted by molar-refractivity contribution is 8.18. The molecule has 0 saturated carbocycles. The summed E-state index contributed by atoms with van der Waals surface area (Å²) in [6.07, 6.45) is -8.85. The summed E-state index contributed by atoms with van der Waals surface area (Å²) in [6, 6.07) is 5.95. The van der Waals surface area contributed by atoms with Gasteiger partial charge in [0.15, 0.2) is 5.17 Å². The molecule has 16 heteroatoms. The predicted octanol–water partition coefficient (Wildman–Crippen LogP) is 7.34. The van der Waals surface area contributed by atoms with Gasteiger partial charge in [-0.2, -0.15) is 36.4 Å². The molecule has 1 fully saturated rings. The van der Waals surface area contributed by atoms with Crippen LogP contribution in [0.2, 0.25) is 0 Å². The SMILES string of the molecule is CC.Cc1nn(Cc2ccc(C(F)(F)F)cc2C(F)(F)F)c2ccc(/C=C3\SC(N4CCN(C(=O)OC(C)(C)C)[C@@H](CO)C4)=NC3=O)cc12. The van der Waals surface area contributed by atoms with Gasteiger partial charge < -0.3 is 14.7 Å². The highest BCUT2D eigenvalue weighted by Gasteiger charge is 2.39. The molecule has 2 amide bonds. The summed E-state index contributed by atoms with van der Waals surface area (Å²) < 4.78 is 87.3. The smallest absolute Gasteiger partial charge is 0.416 e. The molecular formula is C33H37F6N5O4S. The molecule has 266 valence electrons. The number of aliphatic hydroxyl groups excluding tert-OH is 1. The second-order valence-corrected chi connectivity index (χ2v) is 13.2. The average Bonchev–Trinajstić information content (AvgIpc) is 3.54. The van der Waals surface area contributed by atoms with Crippen molar-refractivity contribution in [2.24, 2.45) is 4.99 Å². The second kappa shape index (κ2) is 14.4. The maximum atomic E-state index is 13.7. The Morgan fingerprint density at radius 2 is 1.73 bits per heavy atom. The molecule has 0 unspecified atom stereocenters. The van der Waals surface area contributed by atoms with E-state index in [-0.39, 0.29) is 31.3 Å². The lowest BCUT2D eigenvalue weighted by Crippen LogP contribution is -2.58. The number of fused-ring (bicyclic) bond motifs is 1. The fraction of sp³-hybridized carbons (Fsp3) is 0.455. The molecule has 0 aliphatic carbocycles. The summed E-state index contributed by atoms with van der Waals surface area (Å²) in [6.45, 7) is 11.0. The number of carbonyl (C=O) groups is 2. The topological polar surface area (TPSA) is 100 Å². The molecule has 49 heavy (non-hydrogen) atoms. The van der Waals surface area contributed by atoms with Crippen molar-refractivity contribution in [1.82, 2.24) is 19.6 Å². The van der Waals surface area contributed by atoms with Gasteiger partial charge in [0.1, 0.15) is 5.60 Å². The van der Waals surface area contributed by atoms with E-state index in [2.05, 4.69) is 10.1 Å². The van der Waals surface area contributed by atoms with Gasteiger partial charge in [0.25, 0.3) is 5.91 Å². The zero-order valence-electron chi connectivity index (χ0n) is 27.7. The number of halogens is 6. The quantitative estimate of drug-likeness (QED) is 0.223. The lowest BCUT2D eigenvalue weighted by molar-refractivity contribution is -0.143. The molecule has 3 heterocycles. The fourth-order valence-electron chi connectivity index (χ4n) is 5.31. The first-order valence-corrected chi connectivity index (χ1v) is 16.3. The average molecular weight is 714 g/mol. The Morgan fingerprint density at radius 1 is 1.04 bits per heavy atom. The van der Waals surface area contributed by atoms with Gasteiger partial charge in [-0.05, 0) is 80.9 Å². The van der Waals surface area contributed by atoms with Crippen LogP contribution in [0.25, 0.3) is 17.0 Å². The second-order valence-electron chi connectivity index (χ2n) is 12.2. The van der Waals surface area contributed by atoms with Gasteiger partial charge >= 0.3 is 18.4 Å². The van der Waals surface area contributed by atoms with Gasteiger partial charge in [0.05, 0.1) is 46.4 Å². The van der Waals surface area contributed by atoms with Gasteiger partial charge in [-0.3, -0.25) is 14.4 Å². The summed E-state index contributed by atoms with van der Waals surface area (Å²) in [4.78, 5) is 33.2. The van der Waals surface area contributed by atoms with Crippen LogP contribution < -0.4 is 0 Å². The van der Waals surface area contributed by atoms with Crippen molar-refractivity contribution < 1.29 is 45.8 Å². The van der Waals surface area contributed by atoms with Crippen LogP contribution in [-0.2, 0) is 28.4 Å². The maximum absolute atomic E-state index is 13.7. The number of aromatic nitrogens is 2. The minimum atomic E-state index is -5.01. The van der Waals surface area contributed by atoms with Crippen LogP contribution in [0.1, 0.15) is 62.6 Å². The summed E-state index contributed by atoms with van der Waals surface area (Å²) in [5, 5.41) is 15.3. The molecule has 5 rings (SSSR count).